The number of hydrogen-bond donors (Lipinski definition) is 2. The zero-order valence-corrected chi connectivity index (χ0v) is 22.1. The lowest BCUT2D eigenvalue weighted by Crippen LogP contribution is -2.60. The lowest BCUT2D eigenvalue weighted by molar-refractivity contribution is -0.274. The molecule has 2 saturated heterocycles. The molecule has 2 aromatic rings. The predicted molar refractivity (Wildman–Crippen MR) is 135 cm³/mol. The molecule has 1 saturated carbocycles. The molecule has 4 amide bonds. The maximum atomic E-state index is 14.1. The molecule has 0 aromatic heterocycles. The highest BCUT2D eigenvalue weighted by Gasteiger charge is 2.76. The number of benzene rings is 2. The molecule has 2 heterocycles. The van der Waals surface area contributed by atoms with Crippen LogP contribution in [0.5, 0.6) is 11.5 Å². The summed E-state index contributed by atoms with van der Waals surface area (Å²) in [5.74, 6) is -9.55. The molecule has 2 aliphatic heterocycles. The summed E-state index contributed by atoms with van der Waals surface area (Å²) in [6.45, 7) is 0. The number of rotatable bonds is 3. The van der Waals surface area contributed by atoms with Gasteiger partial charge in [0.1, 0.15) is 17.3 Å². The molecule has 2 N–H and O–H groups in total. The summed E-state index contributed by atoms with van der Waals surface area (Å²) in [6, 6.07) is 6.90. The van der Waals surface area contributed by atoms with Crippen molar-refractivity contribution in [3.8, 4) is 11.5 Å². The molecule has 2 aliphatic carbocycles. The molecule has 214 valence electrons. The number of aromatic hydroxyl groups is 1. The fourth-order valence-electron chi connectivity index (χ4n) is 6.62. The smallest absolute Gasteiger partial charge is 0.508 e. The standard InChI is InChI=1S/C27H18Cl2F4N2O6/c28-25-10-17-14(6-7-15-19(17)22(38)34-21(15)37)20(16-9-13(5-8-18(16)36)41-27(31,32)33)26(25,29)24(40)35(23(25)39)12-3-1-11(30)2-4-12/h1-6,8-9,15,17,19-20,36H,7,10H2,(H,34,37,38). The minimum Gasteiger partial charge on any atom is -0.508 e. The number of carbonyl (C=O) groups is 4. The number of alkyl halides is 5. The van der Waals surface area contributed by atoms with Gasteiger partial charge in [-0.1, -0.05) is 11.6 Å². The van der Waals surface area contributed by atoms with Crippen LogP contribution in [0.25, 0.3) is 0 Å². The van der Waals surface area contributed by atoms with Crippen molar-refractivity contribution < 1.29 is 46.6 Å². The van der Waals surface area contributed by atoms with Crippen LogP contribution in [0.2, 0.25) is 0 Å². The van der Waals surface area contributed by atoms with Gasteiger partial charge in [-0.25, -0.2) is 9.29 Å². The fraction of sp³-hybridized carbons (Fsp3) is 0.333. The molecule has 0 spiro atoms. The minimum absolute atomic E-state index is 0.0240. The van der Waals surface area contributed by atoms with Crippen LogP contribution >= 0.6 is 23.2 Å². The van der Waals surface area contributed by atoms with Gasteiger partial charge in [0.15, 0.2) is 9.75 Å². The molecule has 41 heavy (non-hydrogen) atoms. The van der Waals surface area contributed by atoms with Gasteiger partial charge in [-0.15, -0.1) is 36.4 Å². The van der Waals surface area contributed by atoms with Crippen LogP contribution in [0.15, 0.2) is 54.1 Å². The summed E-state index contributed by atoms with van der Waals surface area (Å²) in [6.07, 6.45) is -3.92. The number of halogens is 6. The minimum atomic E-state index is -5.10. The van der Waals surface area contributed by atoms with E-state index in [-0.39, 0.29) is 29.7 Å². The van der Waals surface area contributed by atoms with Gasteiger partial charge in [0.25, 0.3) is 11.8 Å². The molecule has 8 nitrogen and oxygen atoms in total. The first kappa shape index (κ1) is 27.5. The Kier molecular flexibility index (Phi) is 5.99. The largest absolute Gasteiger partial charge is 0.573 e. The number of amides is 4. The van der Waals surface area contributed by atoms with E-state index in [0.717, 1.165) is 42.5 Å². The maximum Gasteiger partial charge on any atom is 0.573 e. The molecule has 6 rings (SSSR count). The van der Waals surface area contributed by atoms with Crippen LogP contribution in [0.1, 0.15) is 24.3 Å². The Balaban J connectivity index is 1.58. The van der Waals surface area contributed by atoms with Crippen LogP contribution in [0.4, 0.5) is 23.2 Å². The predicted octanol–water partition coefficient (Wildman–Crippen LogP) is 4.28. The number of allylic oxidation sites excluding steroid dienone is 2. The highest BCUT2D eigenvalue weighted by Crippen LogP contribution is 2.66. The molecule has 4 aliphatic rings. The number of phenols is 1. The van der Waals surface area contributed by atoms with Crippen LogP contribution in [-0.4, -0.2) is 44.8 Å². The van der Waals surface area contributed by atoms with Crippen LogP contribution in [0, 0.1) is 23.6 Å². The van der Waals surface area contributed by atoms with Gasteiger partial charge in [0, 0.05) is 11.5 Å². The molecule has 3 fully saturated rings. The van der Waals surface area contributed by atoms with Gasteiger partial charge in [0.2, 0.25) is 11.8 Å². The quantitative estimate of drug-likeness (QED) is 0.232. The van der Waals surface area contributed by atoms with Gasteiger partial charge >= 0.3 is 6.36 Å². The Labute approximate surface area is 238 Å². The normalized spacial score (nSPS) is 32.7. The Bertz CT molecular complexity index is 1560. The molecule has 2 aromatic carbocycles. The second-order valence-corrected chi connectivity index (χ2v) is 11.6. The number of hydrogen-bond acceptors (Lipinski definition) is 6. The summed E-state index contributed by atoms with van der Waals surface area (Å²) in [7, 11) is 0. The van der Waals surface area contributed by atoms with E-state index in [1.165, 1.54) is 0 Å². The second-order valence-electron chi connectivity index (χ2n) is 10.4. The molecule has 0 radical (unpaired) electrons. The molecule has 0 bridgehead atoms. The van der Waals surface area contributed by atoms with Crippen molar-refractivity contribution >= 4 is 52.5 Å². The third-order valence-electron chi connectivity index (χ3n) is 8.28. The topological polar surface area (TPSA) is 113 Å². The number of nitrogens with zero attached hydrogens (tertiary/aromatic N) is 1. The van der Waals surface area contributed by atoms with Crippen LogP contribution in [0.3, 0.4) is 0 Å². The number of phenolic OH excluding ortho intramolecular Hbond substituents is 1. The van der Waals surface area contributed by atoms with E-state index in [1.54, 1.807) is 6.08 Å². The maximum absolute atomic E-state index is 14.1. The Morgan fingerprint density at radius 2 is 1.66 bits per heavy atom. The summed E-state index contributed by atoms with van der Waals surface area (Å²) in [4.78, 5) is 49.4. The lowest BCUT2D eigenvalue weighted by atomic mass is 9.56. The van der Waals surface area contributed by atoms with Crippen molar-refractivity contribution in [1.82, 2.24) is 5.32 Å². The number of anilines is 1. The lowest BCUT2D eigenvalue weighted by Gasteiger charge is -2.50. The Hall–Kier alpha value is -3.64. The van der Waals surface area contributed by atoms with Gasteiger partial charge in [0.05, 0.1) is 17.5 Å². The van der Waals surface area contributed by atoms with E-state index in [4.69, 9.17) is 23.2 Å². The average molecular weight is 613 g/mol. The summed E-state index contributed by atoms with van der Waals surface area (Å²) in [5.41, 5.74) is -0.131. The Morgan fingerprint density at radius 3 is 2.32 bits per heavy atom. The van der Waals surface area contributed by atoms with E-state index in [1.807, 2.05) is 0 Å². The van der Waals surface area contributed by atoms with Gasteiger partial charge in [-0.2, -0.15) is 0 Å². The van der Waals surface area contributed by atoms with E-state index in [9.17, 15) is 41.8 Å². The third kappa shape index (κ3) is 3.87. The van der Waals surface area contributed by atoms with E-state index in [2.05, 4.69) is 10.1 Å². The molecule has 6 unspecified atom stereocenters. The first-order valence-electron chi connectivity index (χ1n) is 12.3. The molecular formula is C27H18Cl2F4N2O6. The van der Waals surface area contributed by atoms with E-state index >= 15 is 0 Å². The summed E-state index contributed by atoms with van der Waals surface area (Å²) in [5, 5.41) is 13.1. The fourth-order valence-corrected chi connectivity index (χ4v) is 7.54. The highest BCUT2D eigenvalue weighted by atomic mass is 35.5. The summed E-state index contributed by atoms with van der Waals surface area (Å²) < 4.78 is 57.0. The van der Waals surface area contributed by atoms with Crippen LogP contribution in [-0.2, 0) is 19.2 Å². The third-order valence-corrected chi connectivity index (χ3v) is 9.70. The second kappa shape index (κ2) is 8.93. The van der Waals surface area contributed by atoms with Gasteiger partial charge < -0.3 is 9.84 Å². The first-order valence-corrected chi connectivity index (χ1v) is 13.1. The number of imide groups is 2. The molecular weight excluding hydrogens is 595 g/mol. The molecule has 6 atom stereocenters. The van der Waals surface area contributed by atoms with E-state index in [0.29, 0.717) is 4.90 Å². The average Bonchev–Trinajstić information content (AvgIpc) is 3.26. The van der Waals surface area contributed by atoms with Gasteiger partial charge in [-0.05, 0) is 61.2 Å². The SMILES string of the molecule is O=C1NC(=O)C2C1CC=C1C2CC2(Cl)C(=O)N(c3ccc(F)cc3)C(=O)C2(Cl)C1c1cc(OC(F)(F)F)ccc1O. The zero-order valence-electron chi connectivity index (χ0n) is 20.5. The summed E-state index contributed by atoms with van der Waals surface area (Å²) >= 11 is 14.1. The van der Waals surface area contributed by atoms with Crippen molar-refractivity contribution in [2.45, 2.75) is 34.9 Å². The van der Waals surface area contributed by atoms with Crippen molar-refractivity contribution in [3.63, 3.8) is 0 Å². The first-order chi connectivity index (χ1) is 19.2. The van der Waals surface area contributed by atoms with Crippen molar-refractivity contribution in [2.24, 2.45) is 17.8 Å². The number of nitrogens with one attached hydrogen (secondary N) is 1. The van der Waals surface area contributed by atoms with Gasteiger partial charge in [-0.3, -0.25) is 24.5 Å². The van der Waals surface area contributed by atoms with E-state index < -0.39 is 80.7 Å². The monoisotopic (exact) mass is 612 g/mol. The number of ether oxygens (including phenoxy) is 1. The molecule has 14 heteroatoms. The van der Waals surface area contributed by atoms with Crippen molar-refractivity contribution in [1.29, 1.82) is 0 Å². The van der Waals surface area contributed by atoms with Crippen molar-refractivity contribution in [3.05, 3.63) is 65.5 Å². The van der Waals surface area contributed by atoms with Crippen LogP contribution < -0.4 is 15.0 Å². The highest BCUT2D eigenvalue weighted by molar-refractivity contribution is 6.58. The van der Waals surface area contributed by atoms with Crippen molar-refractivity contribution in [2.75, 3.05) is 4.90 Å². The Morgan fingerprint density at radius 1 is 0.976 bits per heavy atom. The zero-order chi connectivity index (χ0) is 29.6. The number of carbonyl (C=O) groups excluding carboxylic acids is 4. The number of fused-ring (bicyclic) bond motifs is 4.